The molecular formula is C16H22N2O3. The van der Waals surface area contributed by atoms with Gasteiger partial charge in [-0.05, 0) is 25.0 Å². The number of carbonyl (C=O) groups is 3. The second-order valence-corrected chi connectivity index (χ2v) is 5.41. The average Bonchev–Trinajstić information content (AvgIpc) is 2.42. The minimum atomic E-state index is -0.240. The molecule has 1 aromatic carbocycles. The highest BCUT2D eigenvalue weighted by Crippen LogP contribution is 2.16. The predicted octanol–water partition coefficient (Wildman–Crippen LogP) is 2.01. The van der Waals surface area contributed by atoms with Crippen molar-refractivity contribution in [2.24, 2.45) is 5.92 Å². The molecule has 0 aliphatic heterocycles. The lowest BCUT2D eigenvalue weighted by atomic mass is 10.1. The van der Waals surface area contributed by atoms with Crippen molar-refractivity contribution >= 4 is 23.3 Å². The molecule has 0 saturated heterocycles. The summed E-state index contributed by atoms with van der Waals surface area (Å²) in [6.45, 7) is 7.38. The number of benzene rings is 1. The summed E-state index contributed by atoms with van der Waals surface area (Å²) in [5, 5.41) is 2.77. The van der Waals surface area contributed by atoms with Crippen molar-refractivity contribution in [3.63, 3.8) is 0 Å². The quantitative estimate of drug-likeness (QED) is 0.815. The molecule has 0 radical (unpaired) electrons. The molecule has 0 heterocycles. The molecule has 0 atom stereocenters. The van der Waals surface area contributed by atoms with Crippen molar-refractivity contribution in [1.82, 2.24) is 5.32 Å². The Morgan fingerprint density at radius 3 is 2.38 bits per heavy atom. The van der Waals surface area contributed by atoms with E-state index in [9.17, 15) is 14.4 Å². The van der Waals surface area contributed by atoms with E-state index in [1.165, 1.54) is 18.7 Å². The summed E-state index contributed by atoms with van der Waals surface area (Å²) in [6, 6.07) is 6.72. The summed E-state index contributed by atoms with van der Waals surface area (Å²) in [4.78, 5) is 36.4. The largest absolute Gasteiger partial charge is 0.354 e. The summed E-state index contributed by atoms with van der Waals surface area (Å²) in [6.07, 6.45) is 0. The van der Waals surface area contributed by atoms with Gasteiger partial charge in [0.2, 0.25) is 11.8 Å². The Hall–Kier alpha value is -2.17. The van der Waals surface area contributed by atoms with E-state index in [-0.39, 0.29) is 24.1 Å². The van der Waals surface area contributed by atoms with Gasteiger partial charge in [-0.2, -0.15) is 0 Å². The minimum absolute atomic E-state index is 0.0522. The first-order chi connectivity index (χ1) is 9.81. The van der Waals surface area contributed by atoms with Crippen molar-refractivity contribution in [3.05, 3.63) is 29.8 Å². The van der Waals surface area contributed by atoms with Crippen molar-refractivity contribution in [3.8, 4) is 0 Å². The third kappa shape index (κ3) is 5.38. The average molecular weight is 290 g/mol. The van der Waals surface area contributed by atoms with Crippen LogP contribution >= 0.6 is 0 Å². The standard InChI is InChI=1S/C16H22N2O3/c1-11(2)9-17-16(21)10-18(13(4)20)15-7-5-6-14(8-15)12(3)19/h5-8,11H,9-10H2,1-4H3,(H,17,21). The lowest BCUT2D eigenvalue weighted by molar-refractivity contribution is -0.123. The Bertz CT molecular complexity index is 538. The number of hydrogen-bond donors (Lipinski definition) is 1. The van der Waals surface area contributed by atoms with Gasteiger partial charge in [-0.3, -0.25) is 14.4 Å². The van der Waals surface area contributed by atoms with Crippen molar-refractivity contribution < 1.29 is 14.4 Å². The third-order valence-electron chi connectivity index (χ3n) is 2.95. The summed E-state index contributed by atoms with van der Waals surface area (Å²) in [7, 11) is 0. The maximum Gasteiger partial charge on any atom is 0.240 e. The Balaban J connectivity index is 2.87. The normalized spacial score (nSPS) is 10.3. The van der Waals surface area contributed by atoms with Crippen LogP contribution in [-0.4, -0.2) is 30.7 Å². The van der Waals surface area contributed by atoms with E-state index in [4.69, 9.17) is 0 Å². The lowest BCUT2D eigenvalue weighted by Crippen LogP contribution is -2.40. The predicted molar refractivity (Wildman–Crippen MR) is 82.3 cm³/mol. The molecule has 0 bridgehead atoms. The molecule has 21 heavy (non-hydrogen) atoms. The maximum atomic E-state index is 11.9. The summed E-state index contributed by atoms with van der Waals surface area (Å²) >= 11 is 0. The van der Waals surface area contributed by atoms with E-state index in [2.05, 4.69) is 5.32 Å². The molecule has 0 saturated carbocycles. The molecule has 1 aromatic rings. The molecule has 2 amide bonds. The Morgan fingerprint density at radius 1 is 1.19 bits per heavy atom. The molecule has 0 aromatic heterocycles. The molecule has 5 nitrogen and oxygen atoms in total. The van der Waals surface area contributed by atoms with Crippen molar-refractivity contribution in [2.75, 3.05) is 18.0 Å². The number of carbonyl (C=O) groups excluding carboxylic acids is 3. The van der Waals surface area contributed by atoms with Crippen LogP contribution in [0.15, 0.2) is 24.3 Å². The Morgan fingerprint density at radius 2 is 1.86 bits per heavy atom. The zero-order chi connectivity index (χ0) is 16.0. The van der Waals surface area contributed by atoms with Gasteiger partial charge in [0.1, 0.15) is 6.54 Å². The van der Waals surface area contributed by atoms with E-state index in [1.807, 2.05) is 13.8 Å². The van der Waals surface area contributed by atoms with Gasteiger partial charge in [-0.25, -0.2) is 0 Å². The number of hydrogen-bond acceptors (Lipinski definition) is 3. The Kier molecular flexibility index (Phi) is 6.09. The van der Waals surface area contributed by atoms with Gasteiger partial charge in [0.25, 0.3) is 0 Å². The number of anilines is 1. The highest BCUT2D eigenvalue weighted by atomic mass is 16.2. The highest BCUT2D eigenvalue weighted by Gasteiger charge is 2.16. The van der Waals surface area contributed by atoms with Crippen molar-refractivity contribution in [2.45, 2.75) is 27.7 Å². The maximum absolute atomic E-state index is 11.9. The Labute approximate surface area is 125 Å². The third-order valence-corrected chi connectivity index (χ3v) is 2.95. The molecular weight excluding hydrogens is 268 g/mol. The molecule has 1 rings (SSSR count). The zero-order valence-electron chi connectivity index (χ0n) is 13.0. The van der Waals surface area contributed by atoms with E-state index < -0.39 is 0 Å². The van der Waals surface area contributed by atoms with E-state index in [0.29, 0.717) is 23.7 Å². The second kappa shape index (κ2) is 7.57. The van der Waals surface area contributed by atoms with E-state index in [1.54, 1.807) is 24.3 Å². The number of amides is 2. The summed E-state index contributed by atoms with van der Waals surface area (Å²) in [5.41, 5.74) is 1.07. The number of Topliss-reactive ketones (excluding diaryl/α,β-unsaturated/α-hetero) is 1. The van der Waals surface area contributed by atoms with Crippen LogP contribution in [-0.2, 0) is 9.59 Å². The molecule has 1 N–H and O–H groups in total. The van der Waals surface area contributed by atoms with Gasteiger partial charge in [-0.15, -0.1) is 0 Å². The van der Waals surface area contributed by atoms with Crippen LogP contribution < -0.4 is 10.2 Å². The van der Waals surface area contributed by atoms with Crippen LogP contribution in [0.1, 0.15) is 38.1 Å². The molecule has 114 valence electrons. The topological polar surface area (TPSA) is 66.5 Å². The van der Waals surface area contributed by atoms with Crippen LogP contribution in [0.2, 0.25) is 0 Å². The minimum Gasteiger partial charge on any atom is -0.354 e. The molecule has 0 fully saturated rings. The van der Waals surface area contributed by atoms with Gasteiger partial charge >= 0.3 is 0 Å². The molecule has 0 spiro atoms. The first-order valence-electron chi connectivity index (χ1n) is 6.97. The van der Waals surface area contributed by atoms with Crippen molar-refractivity contribution in [1.29, 1.82) is 0 Å². The lowest BCUT2D eigenvalue weighted by Gasteiger charge is -2.21. The summed E-state index contributed by atoms with van der Waals surface area (Å²) < 4.78 is 0. The molecule has 0 aliphatic rings. The number of nitrogens with zero attached hydrogens (tertiary/aromatic N) is 1. The van der Waals surface area contributed by atoms with Gasteiger partial charge in [-0.1, -0.05) is 26.0 Å². The SMILES string of the molecule is CC(=O)c1cccc(N(CC(=O)NCC(C)C)C(C)=O)c1. The van der Waals surface area contributed by atoms with Gasteiger partial charge < -0.3 is 10.2 Å². The second-order valence-electron chi connectivity index (χ2n) is 5.41. The van der Waals surface area contributed by atoms with Crippen LogP contribution in [0.4, 0.5) is 5.69 Å². The number of ketones is 1. The fraction of sp³-hybridized carbons (Fsp3) is 0.438. The first kappa shape index (κ1) is 16.9. The number of nitrogens with one attached hydrogen (secondary N) is 1. The molecule has 0 unspecified atom stereocenters. The van der Waals surface area contributed by atoms with Crippen LogP contribution in [0.5, 0.6) is 0 Å². The summed E-state index contributed by atoms with van der Waals surface area (Å²) in [5.74, 6) is -0.187. The van der Waals surface area contributed by atoms with Gasteiger partial charge in [0.15, 0.2) is 5.78 Å². The van der Waals surface area contributed by atoms with Crippen LogP contribution in [0, 0.1) is 5.92 Å². The van der Waals surface area contributed by atoms with Crippen LogP contribution in [0.3, 0.4) is 0 Å². The van der Waals surface area contributed by atoms with E-state index in [0.717, 1.165) is 0 Å². The van der Waals surface area contributed by atoms with Crippen LogP contribution in [0.25, 0.3) is 0 Å². The smallest absolute Gasteiger partial charge is 0.240 e. The number of rotatable bonds is 6. The first-order valence-corrected chi connectivity index (χ1v) is 6.97. The molecule has 0 aliphatic carbocycles. The van der Waals surface area contributed by atoms with Gasteiger partial charge in [0.05, 0.1) is 0 Å². The fourth-order valence-corrected chi connectivity index (χ4v) is 1.79. The monoisotopic (exact) mass is 290 g/mol. The fourth-order valence-electron chi connectivity index (χ4n) is 1.79. The highest BCUT2D eigenvalue weighted by molar-refractivity contribution is 6.00. The van der Waals surface area contributed by atoms with E-state index >= 15 is 0 Å². The zero-order valence-corrected chi connectivity index (χ0v) is 13.0. The molecule has 5 heteroatoms. The van der Waals surface area contributed by atoms with Gasteiger partial charge in [0, 0.05) is 24.7 Å².